The molecule has 1 unspecified atom stereocenters. The molecule has 0 saturated carbocycles. The Bertz CT molecular complexity index is 799. The van der Waals surface area contributed by atoms with E-state index in [0.29, 0.717) is 5.92 Å². The molecular weight excluding hydrogens is 278 g/mol. The molecule has 0 N–H and O–H groups in total. The SMILES string of the molecule is CC1=CC(CCC2=C(C)c3ccccc3C2)c2ccccc21.[Li].[Li]. The molecule has 24 heavy (non-hydrogen) atoms. The maximum absolute atomic E-state index is 2.46. The minimum atomic E-state index is 0. The first-order valence-corrected chi connectivity index (χ1v) is 8.28. The quantitative estimate of drug-likeness (QED) is 0.680. The van der Waals surface area contributed by atoms with Crippen molar-refractivity contribution in [2.45, 2.75) is 39.0 Å². The van der Waals surface area contributed by atoms with Crippen molar-refractivity contribution >= 4 is 48.9 Å². The Balaban J connectivity index is 0.00000104. The van der Waals surface area contributed by atoms with Crippen molar-refractivity contribution < 1.29 is 0 Å². The summed E-state index contributed by atoms with van der Waals surface area (Å²) < 4.78 is 0. The molecule has 4 rings (SSSR count). The van der Waals surface area contributed by atoms with Crippen LogP contribution in [-0.2, 0) is 6.42 Å². The van der Waals surface area contributed by atoms with Gasteiger partial charge in [0.1, 0.15) is 0 Å². The molecule has 2 radical (unpaired) electrons. The van der Waals surface area contributed by atoms with E-state index in [1.54, 1.807) is 5.57 Å². The summed E-state index contributed by atoms with van der Waals surface area (Å²) in [5.41, 5.74) is 10.5. The van der Waals surface area contributed by atoms with Crippen molar-refractivity contribution in [1.82, 2.24) is 0 Å². The molecule has 0 saturated heterocycles. The number of allylic oxidation sites excluding steroid dienone is 4. The van der Waals surface area contributed by atoms with Crippen LogP contribution in [-0.4, -0.2) is 37.7 Å². The van der Waals surface area contributed by atoms with Crippen LogP contribution in [0.15, 0.2) is 60.2 Å². The molecule has 0 nitrogen and oxygen atoms in total. The van der Waals surface area contributed by atoms with Gasteiger partial charge in [0.15, 0.2) is 0 Å². The summed E-state index contributed by atoms with van der Waals surface area (Å²) in [5, 5.41) is 0. The van der Waals surface area contributed by atoms with Gasteiger partial charge < -0.3 is 0 Å². The van der Waals surface area contributed by atoms with Crippen LogP contribution in [0.4, 0.5) is 0 Å². The Labute approximate surface area is 169 Å². The normalized spacial score (nSPS) is 17.6. The van der Waals surface area contributed by atoms with Gasteiger partial charge in [-0.2, -0.15) is 0 Å². The van der Waals surface area contributed by atoms with Crippen molar-refractivity contribution in [3.8, 4) is 0 Å². The minimum absolute atomic E-state index is 0. The van der Waals surface area contributed by atoms with Gasteiger partial charge >= 0.3 is 0 Å². The smallest absolute Gasteiger partial charge is 0.00329 e. The molecule has 0 bridgehead atoms. The summed E-state index contributed by atoms with van der Waals surface area (Å²) in [6.45, 7) is 4.54. The second-order valence-corrected chi connectivity index (χ2v) is 6.64. The van der Waals surface area contributed by atoms with Gasteiger partial charge in [-0.1, -0.05) is 60.2 Å². The monoisotopic (exact) mass is 300 g/mol. The van der Waals surface area contributed by atoms with Crippen molar-refractivity contribution in [2.75, 3.05) is 0 Å². The van der Waals surface area contributed by atoms with Crippen LogP contribution >= 0.6 is 0 Å². The number of benzene rings is 2. The van der Waals surface area contributed by atoms with E-state index >= 15 is 0 Å². The molecule has 2 aliphatic rings. The average molecular weight is 300 g/mol. The molecule has 2 aliphatic carbocycles. The van der Waals surface area contributed by atoms with Gasteiger partial charge in [-0.3, -0.25) is 0 Å². The third kappa shape index (κ3) is 3.40. The van der Waals surface area contributed by atoms with Crippen LogP contribution in [0, 0.1) is 0 Å². The first kappa shape index (κ1) is 19.4. The molecule has 0 heterocycles. The summed E-state index contributed by atoms with van der Waals surface area (Å²) in [6.07, 6.45) is 6.06. The van der Waals surface area contributed by atoms with Gasteiger partial charge in [0.05, 0.1) is 0 Å². The summed E-state index contributed by atoms with van der Waals surface area (Å²) in [6, 6.07) is 17.8. The number of fused-ring (bicyclic) bond motifs is 2. The van der Waals surface area contributed by atoms with Crippen LogP contribution in [0.5, 0.6) is 0 Å². The standard InChI is InChI=1S/C22H22.2Li/c1-15-13-19(22-10-6-5-8-20(15)22)12-11-17-14-18-7-3-4-9-21(18)16(17)2;;/h3-10,13,19H,11-12,14H2,1-2H3;;. The van der Waals surface area contributed by atoms with E-state index in [-0.39, 0.29) is 37.7 Å². The van der Waals surface area contributed by atoms with Gasteiger partial charge in [0.2, 0.25) is 0 Å². The van der Waals surface area contributed by atoms with E-state index in [0.717, 1.165) is 6.42 Å². The Hall–Kier alpha value is -0.885. The van der Waals surface area contributed by atoms with E-state index < -0.39 is 0 Å². The van der Waals surface area contributed by atoms with E-state index in [2.05, 4.69) is 68.5 Å². The fraction of sp³-hybridized carbons (Fsp3) is 0.273. The molecule has 0 spiro atoms. The first-order valence-electron chi connectivity index (χ1n) is 8.28. The zero-order chi connectivity index (χ0) is 15.1. The van der Waals surface area contributed by atoms with Gasteiger partial charge in [-0.05, 0) is 66.5 Å². The van der Waals surface area contributed by atoms with Crippen LogP contribution < -0.4 is 0 Å². The second kappa shape index (κ2) is 8.00. The predicted octanol–water partition coefficient (Wildman–Crippen LogP) is 5.24. The zero-order valence-electron chi connectivity index (χ0n) is 15.4. The molecule has 112 valence electrons. The van der Waals surface area contributed by atoms with Crippen molar-refractivity contribution in [3.63, 3.8) is 0 Å². The summed E-state index contributed by atoms with van der Waals surface area (Å²) in [4.78, 5) is 0. The first-order chi connectivity index (χ1) is 10.7. The molecule has 0 amide bonds. The average Bonchev–Trinajstić information content (AvgIpc) is 3.04. The summed E-state index contributed by atoms with van der Waals surface area (Å²) >= 11 is 0. The molecule has 0 fully saturated rings. The Morgan fingerprint density at radius 2 is 1.54 bits per heavy atom. The molecular formula is C22H22Li2. The van der Waals surface area contributed by atoms with Crippen molar-refractivity contribution in [3.05, 3.63) is 82.4 Å². The van der Waals surface area contributed by atoms with E-state index in [4.69, 9.17) is 0 Å². The van der Waals surface area contributed by atoms with E-state index in [9.17, 15) is 0 Å². The van der Waals surface area contributed by atoms with E-state index in [1.807, 2.05) is 0 Å². The number of hydrogen-bond donors (Lipinski definition) is 0. The van der Waals surface area contributed by atoms with Crippen LogP contribution in [0.25, 0.3) is 11.1 Å². The van der Waals surface area contributed by atoms with Gasteiger partial charge in [-0.15, -0.1) is 0 Å². The van der Waals surface area contributed by atoms with Crippen molar-refractivity contribution in [1.29, 1.82) is 0 Å². The zero-order valence-corrected chi connectivity index (χ0v) is 15.4. The second-order valence-electron chi connectivity index (χ2n) is 6.64. The fourth-order valence-electron chi connectivity index (χ4n) is 4.10. The third-order valence-electron chi connectivity index (χ3n) is 5.35. The van der Waals surface area contributed by atoms with E-state index in [1.165, 1.54) is 46.2 Å². The molecule has 2 aromatic carbocycles. The Morgan fingerprint density at radius 3 is 2.29 bits per heavy atom. The van der Waals surface area contributed by atoms with Gasteiger partial charge in [-0.25, -0.2) is 0 Å². The summed E-state index contributed by atoms with van der Waals surface area (Å²) in [7, 11) is 0. The van der Waals surface area contributed by atoms with Crippen LogP contribution in [0.2, 0.25) is 0 Å². The largest absolute Gasteiger partial charge is 0.0734 e. The minimum Gasteiger partial charge on any atom is -0.0734 e. The van der Waals surface area contributed by atoms with Gasteiger partial charge in [0, 0.05) is 43.6 Å². The predicted molar refractivity (Wildman–Crippen MR) is 106 cm³/mol. The molecule has 2 aromatic rings. The Kier molecular flexibility index (Phi) is 6.48. The molecule has 2 heteroatoms. The third-order valence-corrected chi connectivity index (χ3v) is 5.35. The molecule has 0 aromatic heterocycles. The van der Waals surface area contributed by atoms with Crippen LogP contribution in [0.1, 0.15) is 54.9 Å². The van der Waals surface area contributed by atoms with Gasteiger partial charge in [0.25, 0.3) is 0 Å². The maximum atomic E-state index is 2.46. The molecule has 1 atom stereocenters. The van der Waals surface area contributed by atoms with Crippen molar-refractivity contribution in [2.24, 2.45) is 0 Å². The summed E-state index contributed by atoms with van der Waals surface area (Å²) in [5.74, 6) is 0.597. The Morgan fingerprint density at radius 1 is 0.875 bits per heavy atom. The fourth-order valence-corrected chi connectivity index (χ4v) is 4.10. The maximum Gasteiger partial charge on any atom is 0.00329 e. The number of rotatable bonds is 3. The number of hydrogen-bond acceptors (Lipinski definition) is 0. The van der Waals surface area contributed by atoms with Crippen LogP contribution in [0.3, 0.4) is 0 Å². The topological polar surface area (TPSA) is 0 Å². The molecule has 0 aliphatic heterocycles.